The molecule has 0 radical (unpaired) electrons. The molecule has 1 aromatic carbocycles. The maximum absolute atomic E-state index is 12.3. The summed E-state index contributed by atoms with van der Waals surface area (Å²) in [6.07, 6.45) is 4.27. The molecular weight excluding hydrogens is 260 g/mol. The first-order chi connectivity index (χ1) is 9.97. The van der Waals surface area contributed by atoms with Crippen molar-refractivity contribution >= 4 is 16.8 Å². The van der Waals surface area contributed by atoms with E-state index in [-0.39, 0.29) is 11.3 Å². The second-order valence-electron chi connectivity index (χ2n) is 7.11. The number of nitrogens with zero attached hydrogens (tertiary/aromatic N) is 1. The van der Waals surface area contributed by atoms with E-state index in [1.165, 1.54) is 16.5 Å². The predicted molar refractivity (Wildman–Crippen MR) is 86.3 cm³/mol. The van der Waals surface area contributed by atoms with Crippen molar-refractivity contribution in [2.45, 2.75) is 39.5 Å². The van der Waals surface area contributed by atoms with Crippen LogP contribution in [0.3, 0.4) is 0 Å². The van der Waals surface area contributed by atoms with Gasteiger partial charge in [-0.15, -0.1) is 0 Å². The normalized spacial score (nSPS) is 17.4. The molecule has 2 heterocycles. The van der Waals surface area contributed by atoms with Crippen molar-refractivity contribution < 1.29 is 4.79 Å². The first-order valence-electron chi connectivity index (χ1n) is 7.82. The van der Waals surface area contributed by atoms with Gasteiger partial charge in [0.05, 0.1) is 0 Å². The molecule has 2 aromatic rings. The molecule has 1 fully saturated rings. The molecule has 0 unspecified atom stereocenters. The fourth-order valence-corrected chi connectivity index (χ4v) is 3.30. The van der Waals surface area contributed by atoms with Crippen molar-refractivity contribution in [3.05, 3.63) is 36.0 Å². The predicted octanol–water partition coefficient (Wildman–Crippen LogP) is 3.92. The maximum atomic E-state index is 12.3. The van der Waals surface area contributed by atoms with Crippen molar-refractivity contribution in [3.8, 4) is 0 Å². The van der Waals surface area contributed by atoms with E-state index in [4.69, 9.17) is 0 Å². The highest BCUT2D eigenvalue weighted by molar-refractivity contribution is 5.84. The highest BCUT2D eigenvalue weighted by Crippen LogP contribution is 2.34. The van der Waals surface area contributed by atoms with Gasteiger partial charge in [-0.3, -0.25) is 4.79 Å². The van der Waals surface area contributed by atoms with Crippen molar-refractivity contribution in [2.24, 2.45) is 5.41 Å². The van der Waals surface area contributed by atoms with Crippen LogP contribution in [0.25, 0.3) is 10.9 Å². The topological polar surface area (TPSA) is 36.1 Å². The zero-order chi connectivity index (χ0) is 15.0. The number of H-pyrrole nitrogens is 1. The zero-order valence-electron chi connectivity index (χ0n) is 13.1. The average molecular weight is 284 g/mol. The van der Waals surface area contributed by atoms with Gasteiger partial charge in [-0.1, -0.05) is 39.0 Å². The van der Waals surface area contributed by atoms with Crippen molar-refractivity contribution in [2.75, 3.05) is 13.1 Å². The second kappa shape index (κ2) is 5.21. The molecule has 0 atom stereocenters. The number of hydrogen-bond acceptors (Lipinski definition) is 1. The van der Waals surface area contributed by atoms with E-state index in [1.54, 1.807) is 0 Å². The highest BCUT2D eigenvalue weighted by Gasteiger charge is 2.31. The fourth-order valence-electron chi connectivity index (χ4n) is 3.30. The summed E-state index contributed by atoms with van der Waals surface area (Å²) in [6, 6.07) is 8.47. The van der Waals surface area contributed by atoms with Crippen LogP contribution >= 0.6 is 0 Å². The number of benzene rings is 1. The largest absolute Gasteiger partial charge is 0.361 e. The molecule has 1 amide bonds. The SMILES string of the molecule is CC(C)(C)C(=O)N1CCC(c2c[nH]c3ccccc23)CC1. The molecular formula is C18H24N2O. The van der Waals surface area contributed by atoms with Crippen molar-refractivity contribution in [3.63, 3.8) is 0 Å². The van der Waals surface area contributed by atoms with Crippen LogP contribution in [-0.4, -0.2) is 28.9 Å². The fraction of sp³-hybridized carbons (Fsp3) is 0.500. The first kappa shape index (κ1) is 14.2. The molecule has 1 aliphatic rings. The van der Waals surface area contributed by atoms with Gasteiger partial charge in [0.1, 0.15) is 0 Å². The van der Waals surface area contributed by atoms with E-state index in [0.29, 0.717) is 5.92 Å². The van der Waals surface area contributed by atoms with Crippen LogP contribution in [0.1, 0.15) is 45.1 Å². The van der Waals surface area contributed by atoms with Gasteiger partial charge in [-0.2, -0.15) is 0 Å². The average Bonchev–Trinajstić information content (AvgIpc) is 2.90. The Hall–Kier alpha value is -1.77. The van der Waals surface area contributed by atoms with Gasteiger partial charge in [-0.25, -0.2) is 0 Å². The Morgan fingerprint density at radius 3 is 2.52 bits per heavy atom. The summed E-state index contributed by atoms with van der Waals surface area (Å²) in [6.45, 7) is 7.75. The number of fused-ring (bicyclic) bond motifs is 1. The van der Waals surface area contributed by atoms with Gasteiger partial charge in [0.25, 0.3) is 0 Å². The second-order valence-corrected chi connectivity index (χ2v) is 7.11. The van der Waals surface area contributed by atoms with E-state index in [1.807, 2.05) is 25.7 Å². The number of para-hydroxylation sites is 1. The molecule has 1 aromatic heterocycles. The minimum atomic E-state index is -0.270. The van der Waals surface area contributed by atoms with Crippen molar-refractivity contribution in [1.29, 1.82) is 0 Å². The van der Waals surface area contributed by atoms with Gasteiger partial charge >= 0.3 is 0 Å². The van der Waals surface area contributed by atoms with E-state index >= 15 is 0 Å². The third-order valence-corrected chi connectivity index (χ3v) is 4.48. The van der Waals surface area contributed by atoms with Crippen LogP contribution in [0.15, 0.2) is 30.5 Å². The number of nitrogens with one attached hydrogen (secondary N) is 1. The lowest BCUT2D eigenvalue weighted by molar-refractivity contribution is -0.140. The maximum Gasteiger partial charge on any atom is 0.227 e. The van der Waals surface area contributed by atoms with Crippen LogP contribution in [0.5, 0.6) is 0 Å². The minimum Gasteiger partial charge on any atom is -0.361 e. The molecule has 1 saturated heterocycles. The number of hydrogen-bond donors (Lipinski definition) is 1. The van der Waals surface area contributed by atoms with Crippen LogP contribution in [0, 0.1) is 5.41 Å². The molecule has 1 aliphatic heterocycles. The summed E-state index contributed by atoms with van der Waals surface area (Å²) in [5, 5.41) is 1.33. The van der Waals surface area contributed by atoms with E-state index < -0.39 is 0 Å². The number of piperidine rings is 1. The summed E-state index contributed by atoms with van der Waals surface area (Å²) < 4.78 is 0. The van der Waals surface area contributed by atoms with Gasteiger partial charge in [0.15, 0.2) is 0 Å². The molecule has 0 spiro atoms. The Morgan fingerprint density at radius 2 is 1.86 bits per heavy atom. The minimum absolute atomic E-state index is 0.270. The lowest BCUT2D eigenvalue weighted by Crippen LogP contribution is -2.43. The van der Waals surface area contributed by atoms with Crippen LogP contribution < -0.4 is 0 Å². The van der Waals surface area contributed by atoms with E-state index in [0.717, 1.165) is 25.9 Å². The number of carbonyl (C=O) groups is 1. The van der Waals surface area contributed by atoms with E-state index in [9.17, 15) is 4.79 Å². The molecule has 1 N–H and O–H groups in total. The summed E-state index contributed by atoms with van der Waals surface area (Å²) in [5.74, 6) is 0.838. The summed E-state index contributed by atoms with van der Waals surface area (Å²) in [5.41, 5.74) is 2.35. The first-order valence-corrected chi connectivity index (χ1v) is 7.82. The highest BCUT2D eigenvalue weighted by atomic mass is 16.2. The summed E-state index contributed by atoms with van der Waals surface area (Å²) in [7, 11) is 0. The summed E-state index contributed by atoms with van der Waals surface area (Å²) >= 11 is 0. The molecule has 3 rings (SSSR count). The molecule has 21 heavy (non-hydrogen) atoms. The van der Waals surface area contributed by atoms with Gasteiger partial charge < -0.3 is 9.88 Å². The Labute approximate surface area is 126 Å². The third kappa shape index (κ3) is 2.69. The number of aromatic nitrogens is 1. The summed E-state index contributed by atoms with van der Waals surface area (Å²) in [4.78, 5) is 17.7. The quantitative estimate of drug-likeness (QED) is 0.846. The van der Waals surface area contributed by atoms with Crippen molar-refractivity contribution in [1.82, 2.24) is 9.88 Å². The van der Waals surface area contributed by atoms with Gasteiger partial charge in [-0.05, 0) is 30.4 Å². The lowest BCUT2D eigenvalue weighted by atomic mass is 9.87. The Morgan fingerprint density at radius 1 is 1.19 bits per heavy atom. The lowest BCUT2D eigenvalue weighted by Gasteiger charge is -2.35. The number of aromatic amines is 1. The van der Waals surface area contributed by atoms with E-state index in [2.05, 4.69) is 35.4 Å². The van der Waals surface area contributed by atoms with Crippen LogP contribution in [-0.2, 0) is 4.79 Å². The molecule has 0 aliphatic carbocycles. The molecule has 0 saturated carbocycles. The van der Waals surface area contributed by atoms with Gasteiger partial charge in [0.2, 0.25) is 5.91 Å². The van der Waals surface area contributed by atoms with Crippen LogP contribution in [0.2, 0.25) is 0 Å². The zero-order valence-corrected chi connectivity index (χ0v) is 13.1. The molecule has 3 heteroatoms. The number of rotatable bonds is 1. The molecule has 0 bridgehead atoms. The number of likely N-dealkylation sites (tertiary alicyclic amines) is 1. The van der Waals surface area contributed by atoms with Gasteiger partial charge in [0, 0.05) is 35.6 Å². The van der Waals surface area contributed by atoms with Crippen LogP contribution in [0.4, 0.5) is 0 Å². The third-order valence-electron chi connectivity index (χ3n) is 4.48. The standard InChI is InChI=1S/C18H24N2O/c1-18(2,3)17(21)20-10-8-13(9-11-20)15-12-19-16-7-5-4-6-14(15)16/h4-7,12-13,19H,8-11H2,1-3H3. The molecule has 3 nitrogen and oxygen atoms in total. The smallest absolute Gasteiger partial charge is 0.227 e. The monoisotopic (exact) mass is 284 g/mol. The number of amides is 1. The Bertz CT molecular complexity index is 643. The number of carbonyl (C=O) groups excluding carboxylic acids is 1. The Kier molecular flexibility index (Phi) is 3.52. The Balaban J connectivity index is 1.73. The molecule has 112 valence electrons.